The van der Waals surface area contributed by atoms with Gasteiger partial charge in [0.1, 0.15) is 0 Å². The van der Waals surface area contributed by atoms with Crippen LogP contribution in [-0.2, 0) is 9.78 Å². The largest absolute Gasteiger partial charge is 0.325 e. The van der Waals surface area contributed by atoms with Gasteiger partial charge in [0.2, 0.25) is 0 Å². The van der Waals surface area contributed by atoms with Crippen molar-refractivity contribution in [2.45, 2.75) is 6.42 Å². The minimum atomic E-state index is -0.475. The van der Waals surface area contributed by atoms with Crippen molar-refractivity contribution in [1.29, 1.82) is 0 Å². The Bertz CT molecular complexity index is 306. The molecule has 1 aromatic rings. The van der Waals surface area contributed by atoms with Crippen molar-refractivity contribution in [2.75, 3.05) is 13.2 Å². The maximum Gasteiger partial charge on any atom is 0.325 e. The van der Waals surface area contributed by atoms with Gasteiger partial charge in [-0.15, -0.1) is 0 Å². The van der Waals surface area contributed by atoms with Crippen LogP contribution in [0.5, 0.6) is 0 Å². The predicted octanol–water partition coefficient (Wildman–Crippen LogP) is -0.599. The first kappa shape index (κ1) is 9.69. The zero-order valence-electron chi connectivity index (χ0n) is 6.91. The highest BCUT2D eigenvalue weighted by molar-refractivity contribution is 4.77. The van der Waals surface area contributed by atoms with Crippen LogP contribution in [0.2, 0.25) is 0 Å². The topological polar surface area (TPSA) is 84.2 Å². The highest BCUT2D eigenvalue weighted by atomic mass is 17.2. The van der Waals surface area contributed by atoms with Crippen LogP contribution in [0.25, 0.3) is 0 Å². The Kier molecular flexibility index (Phi) is 3.94. The van der Waals surface area contributed by atoms with Gasteiger partial charge < -0.3 is 4.98 Å². The lowest BCUT2D eigenvalue weighted by atomic mass is 10.5. The summed E-state index contributed by atoms with van der Waals surface area (Å²) in [5.74, 6) is 0. The third-order valence-electron chi connectivity index (χ3n) is 1.22. The van der Waals surface area contributed by atoms with Gasteiger partial charge in [-0.05, 0) is 0 Å². The molecule has 13 heavy (non-hydrogen) atoms. The average molecular weight is 186 g/mol. The van der Waals surface area contributed by atoms with Crippen LogP contribution in [0.3, 0.4) is 0 Å². The standard InChI is InChI=1S/C4H4N2O2.C3H6O2/c7-3-1-2-5-4(8)6-3;1-2-4-5-3-1/h1-2H,(H2,5,6,7,8);1-3H2. The van der Waals surface area contributed by atoms with Crippen molar-refractivity contribution in [2.24, 2.45) is 0 Å². The summed E-state index contributed by atoms with van der Waals surface area (Å²) in [6, 6.07) is 1.24. The highest BCUT2D eigenvalue weighted by Crippen LogP contribution is 1.93. The van der Waals surface area contributed by atoms with E-state index in [1.165, 1.54) is 12.3 Å². The molecule has 0 aliphatic carbocycles. The van der Waals surface area contributed by atoms with Crippen LogP contribution in [0.1, 0.15) is 6.42 Å². The molecule has 1 fully saturated rings. The summed E-state index contributed by atoms with van der Waals surface area (Å²) in [6.45, 7) is 1.56. The van der Waals surface area contributed by atoms with Gasteiger partial charge in [0.15, 0.2) is 0 Å². The van der Waals surface area contributed by atoms with E-state index >= 15 is 0 Å². The summed E-state index contributed by atoms with van der Waals surface area (Å²) < 4.78 is 0. The number of H-pyrrole nitrogens is 2. The fourth-order valence-electron chi connectivity index (χ4n) is 0.677. The van der Waals surface area contributed by atoms with Crippen LogP contribution < -0.4 is 11.2 Å². The molecule has 0 amide bonds. The summed E-state index contributed by atoms with van der Waals surface area (Å²) >= 11 is 0. The maximum atomic E-state index is 10.2. The Labute approximate surface area is 73.4 Å². The molecule has 1 saturated heterocycles. The molecule has 72 valence electrons. The number of nitrogens with one attached hydrogen (secondary N) is 2. The van der Waals surface area contributed by atoms with E-state index in [-0.39, 0.29) is 5.56 Å². The molecule has 0 unspecified atom stereocenters. The van der Waals surface area contributed by atoms with Crippen molar-refractivity contribution < 1.29 is 9.78 Å². The van der Waals surface area contributed by atoms with Gasteiger partial charge in [-0.3, -0.25) is 9.78 Å². The minimum absolute atomic E-state index is 0.381. The summed E-state index contributed by atoms with van der Waals surface area (Å²) in [4.78, 5) is 33.5. The van der Waals surface area contributed by atoms with E-state index in [9.17, 15) is 9.59 Å². The zero-order chi connectivity index (χ0) is 9.52. The summed E-state index contributed by atoms with van der Waals surface area (Å²) in [5.41, 5.74) is -0.855. The normalized spacial score (nSPS) is 14.8. The molecule has 0 aromatic carbocycles. The number of aromatic nitrogens is 2. The van der Waals surface area contributed by atoms with Crippen LogP contribution in [0.15, 0.2) is 21.9 Å². The fraction of sp³-hybridized carbons (Fsp3) is 0.429. The Morgan fingerprint density at radius 1 is 1.23 bits per heavy atom. The lowest BCUT2D eigenvalue weighted by Gasteiger charge is -1.77. The van der Waals surface area contributed by atoms with Crippen LogP contribution in [-0.4, -0.2) is 23.2 Å². The van der Waals surface area contributed by atoms with E-state index in [1.54, 1.807) is 0 Å². The van der Waals surface area contributed by atoms with Gasteiger partial charge in [-0.25, -0.2) is 14.6 Å². The molecule has 6 nitrogen and oxygen atoms in total. The lowest BCUT2D eigenvalue weighted by Crippen LogP contribution is -2.19. The predicted molar refractivity (Wildman–Crippen MR) is 44.2 cm³/mol. The van der Waals surface area contributed by atoms with Crippen LogP contribution in [0.4, 0.5) is 0 Å². The summed E-state index contributed by atoms with van der Waals surface area (Å²) in [7, 11) is 0. The monoisotopic (exact) mass is 186 g/mol. The zero-order valence-corrected chi connectivity index (χ0v) is 6.91. The Morgan fingerprint density at radius 3 is 2.23 bits per heavy atom. The van der Waals surface area contributed by atoms with E-state index < -0.39 is 5.69 Å². The first-order chi connectivity index (χ1) is 6.29. The van der Waals surface area contributed by atoms with E-state index in [0.717, 1.165) is 19.6 Å². The fourth-order valence-corrected chi connectivity index (χ4v) is 0.677. The highest BCUT2D eigenvalue weighted by Gasteiger charge is 1.95. The molecule has 1 aliphatic heterocycles. The van der Waals surface area contributed by atoms with Gasteiger partial charge in [-0.2, -0.15) is 0 Å². The first-order valence-corrected chi connectivity index (χ1v) is 3.81. The third kappa shape index (κ3) is 4.24. The van der Waals surface area contributed by atoms with Crippen molar-refractivity contribution in [3.05, 3.63) is 33.1 Å². The Morgan fingerprint density at radius 2 is 1.92 bits per heavy atom. The number of hydrogen-bond acceptors (Lipinski definition) is 4. The van der Waals surface area contributed by atoms with Crippen molar-refractivity contribution in [3.8, 4) is 0 Å². The second kappa shape index (κ2) is 5.28. The molecule has 0 spiro atoms. The minimum Gasteiger partial charge on any atom is -0.314 e. The Hall–Kier alpha value is -1.40. The van der Waals surface area contributed by atoms with Crippen LogP contribution in [0, 0.1) is 0 Å². The van der Waals surface area contributed by atoms with Gasteiger partial charge in [0.05, 0.1) is 13.2 Å². The SMILES string of the molecule is C1COOC1.O=c1cc[nH]c(=O)[nH]1. The molecular weight excluding hydrogens is 176 g/mol. The second-order valence-electron chi connectivity index (χ2n) is 2.29. The second-order valence-corrected chi connectivity index (χ2v) is 2.29. The summed E-state index contributed by atoms with van der Waals surface area (Å²) in [6.07, 6.45) is 2.35. The van der Waals surface area contributed by atoms with E-state index in [1.807, 2.05) is 4.98 Å². The molecular formula is C7H10N2O4. The van der Waals surface area contributed by atoms with Gasteiger partial charge in [0.25, 0.3) is 5.56 Å². The van der Waals surface area contributed by atoms with Gasteiger partial charge in [-0.1, -0.05) is 0 Å². The van der Waals surface area contributed by atoms with Gasteiger partial charge in [0, 0.05) is 18.7 Å². The summed E-state index contributed by atoms with van der Waals surface area (Å²) in [5, 5.41) is 0. The number of rotatable bonds is 0. The van der Waals surface area contributed by atoms with Crippen molar-refractivity contribution >= 4 is 0 Å². The molecule has 2 heterocycles. The van der Waals surface area contributed by atoms with E-state index in [2.05, 4.69) is 14.8 Å². The average Bonchev–Trinajstić information content (AvgIpc) is 2.59. The molecule has 2 N–H and O–H groups in total. The lowest BCUT2D eigenvalue weighted by molar-refractivity contribution is -0.248. The van der Waals surface area contributed by atoms with E-state index in [0.29, 0.717) is 0 Å². The third-order valence-corrected chi connectivity index (χ3v) is 1.22. The molecule has 0 saturated carbocycles. The van der Waals surface area contributed by atoms with Crippen LogP contribution >= 0.6 is 0 Å². The molecule has 0 atom stereocenters. The number of aromatic amines is 2. The molecule has 0 radical (unpaired) electrons. The molecule has 1 aromatic heterocycles. The van der Waals surface area contributed by atoms with Crippen molar-refractivity contribution in [1.82, 2.24) is 9.97 Å². The molecule has 1 aliphatic rings. The molecule has 2 rings (SSSR count). The molecule has 6 heteroatoms. The molecule has 0 bridgehead atoms. The number of hydrogen-bond donors (Lipinski definition) is 2. The smallest absolute Gasteiger partial charge is 0.314 e. The van der Waals surface area contributed by atoms with E-state index in [4.69, 9.17) is 0 Å². The van der Waals surface area contributed by atoms with Gasteiger partial charge >= 0.3 is 5.69 Å². The Balaban J connectivity index is 0.000000145. The quantitative estimate of drug-likeness (QED) is 0.530. The van der Waals surface area contributed by atoms with Crippen molar-refractivity contribution in [3.63, 3.8) is 0 Å². The first-order valence-electron chi connectivity index (χ1n) is 3.81. The maximum absolute atomic E-state index is 10.2.